The van der Waals surface area contributed by atoms with Crippen LogP contribution in [0.1, 0.15) is 69.2 Å². The zero-order chi connectivity index (χ0) is 93.8. The van der Waals surface area contributed by atoms with Crippen LogP contribution in [0.15, 0.2) is 385 Å². The number of hydrogen-bond donors (Lipinski definition) is 5. The number of carbonyl (C=O) groups excluding carboxylic acids is 5. The molecule has 6 radical (unpaired) electrons. The summed E-state index contributed by atoms with van der Waals surface area (Å²) in [6.07, 6.45) is 16.7. The quantitative estimate of drug-likeness (QED) is 0.0457. The Kier molecular flexibility index (Phi) is 55.8. The van der Waals surface area contributed by atoms with E-state index >= 15 is 0 Å². The first-order chi connectivity index (χ1) is 63.2. The van der Waals surface area contributed by atoms with Gasteiger partial charge in [0, 0.05) is 186 Å². The predicted octanol–water partition coefficient (Wildman–Crippen LogP) is 27.7. The fourth-order valence-corrected chi connectivity index (χ4v) is 14.5. The molecular weight excluding hydrogens is 2840 g/mol. The fourth-order valence-electron chi connectivity index (χ4n) is 12.2. The molecule has 0 aliphatic heterocycles. The summed E-state index contributed by atoms with van der Waals surface area (Å²) in [5.41, 5.74) is 10.7. The van der Waals surface area contributed by atoms with Gasteiger partial charge in [-0.05, 0) is 179 Å². The molecule has 5 N–H and O–H groups in total. The number of aliphatic hydroxyl groups is 5. The van der Waals surface area contributed by atoms with Crippen molar-refractivity contribution in [2.45, 2.75) is 69.2 Å². The topological polar surface area (TPSA) is 290 Å². The average Bonchev–Trinajstić information content (AvgIpc) is 1.59. The Labute approximate surface area is 889 Å². The van der Waals surface area contributed by atoms with E-state index in [1.165, 1.54) is 147 Å². The van der Waals surface area contributed by atoms with Crippen LogP contribution in [0.2, 0.25) is 0 Å². The van der Waals surface area contributed by atoms with Crippen molar-refractivity contribution in [3.8, 4) is 65.7 Å². The van der Waals surface area contributed by atoms with Gasteiger partial charge in [0.25, 0.3) is 0 Å². The minimum Gasteiger partial charge on any atom is -0.512 e. The monoisotopic (exact) mass is 2940 g/mol. The number of rotatable bonds is 11. The first kappa shape index (κ1) is 119. The van der Waals surface area contributed by atoms with Gasteiger partial charge in [-0.3, -0.25) is 38.9 Å². The standard InChI is InChI=1S/C19H12N.C17H10NS.C14H9N2.C13H8NO.C13H8NS.C9H6NS.5C5H8O2.6Ir/c1-2-6-15-11-17(10-9-14(15)5-1)19-12-16-7-3-4-8-18(16)13-20-19;1-2-8-13-12(6-1)7-5-9-14(13)17-18-15-10-3-4-11-16(15)19-17;1-2-4-13-11(3-1)7-10-16-14(13)12-5-8-15-9-6-12;1-2-6-10(7-3-1)13-14-11-8-4-5-9-12(11)15-13;1-2-5-11-10(4-1)7-8-14-13(11)12-6-3-9-15-12;1-2-6-10-8(4-1)9-5-3-7-11-9;5*1-4(6)3-5(2)7;;;;;;/h1-9,11-13H;1-8,10-11H;1-5,7-10H;1-6,8-9H;1-5,7-9H;1-4,6-7H;5*3,6H,1-2H3;;;;;;/q6*-1;;;;;;;;;;;. The van der Waals surface area contributed by atoms with E-state index in [1.54, 1.807) is 52.6 Å². The van der Waals surface area contributed by atoms with Gasteiger partial charge in [0.2, 0.25) is 0 Å². The number of aliphatic hydroxyl groups excluding tert-OH is 5. The molecule has 0 saturated carbocycles. The molecule has 10 aromatic carbocycles. The van der Waals surface area contributed by atoms with Gasteiger partial charge in [0.1, 0.15) is 11.5 Å². The van der Waals surface area contributed by atoms with Crippen molar-refractivity contribution in [2.24, 2.45) is 0 Å². The maximum Gasteiger partial charge on any atom is 0.155 e. The third-order valence-electron chi connectivity index (χ3n) is 17.4. The number of pyridine rings is 5. The number of thiazole rings is 1. The maximum absolute atomic E-state index is 10.0. The van der Waals surface area contributed by atoms with Crippen molar-refractivity contribution in [1.82, 2.24) is 34.9 Å². The zero-order valence-corrected chi connectivity index (χ0v) is 92.3. The molecule has 712 valence electrons. The Morgan fingerprint density at radius 3 is 1.29 bits per heavy atom. The molecule has 0 unspecified atom stereocenters. The third-order valence-corrected chi connectivity index (χ3v) is 20.1. The average molecular weight is 2940 g/mol. The molecule has 9 heterocycles. The molecule has 0 saturated heterocycles. The maximum atomic E-state index is 10.0. The number of thiophene rings is 2. The number of oxazole rings is 1. The number of benzene rings is 10. The van der Waals surface area contributed by atoms with Crippen molar-refractivity contribution in [2.75, 3.05) is 0 Å². The minimum absolute atomic E-state index is 0. The van der Waals surface area contributed by atoms with Crippen LogP contribution < -0.4 is 0 Å². The van der Waals surface area contributed by atoms with Gasteiger partial charge in [-0.25, -0.2) is 22.7 Å². The predicted molar refractivity (Wildman–Crippen MR) is 533 cm³/mol. The molecule has 0 aliphatic carbocycles. The molecule has 0 bridgehead atoms. The van der Waals surface area contributed by atoms with Crippen LogP contribution in [0.25, 0.3) is 141 Å². The van der Waals surface area contributed by atoms with Gasteiger partial charge in [-0.15, -0.1) is 105 Å². The van der Waals surface area contributed by atoms with Gasteiger partial charge in [-0.2, -0.15) is 47.2 Å². The molecular formula is C110H93Ir6N7O11S3-6. The Morgan fingerprint density at radius 2 is 0.803 bits per heavy atom. The van der Waals surface area contributed by atoms with E-state index in [4.69, 9.17) is 34.9 Å². The van der Waals surface area contributed by atoms with Crippen molar-refractivity contribution in [3.63, 3.8) is 0 Å². The van der Waals surface area contributed by atoms with Crippen molar-refractivity contribution in [3.05, 3.63) is 417 Å². The largest absolute Gasteiger partial charge is 0.512 e. The van der Waals surface area contributed by atoms with Crippen LogP contribution in [0.4, 0.5) is 0 Å². The van der Waals surface area contributed by atoms with Crippen LogP contribution in [-0.2, 0) is 145 Å². The van der Waals surface area contributed by atoms with Crippen molar-refractivity contribution < 1.29 is 175 Å². The van der Waals surface area contributed by atoms with E-state index < -0.39 is 0 Å². The van der Waals surface area contributed by atoms with E-state index in [0.29, 0.717) is 5.89 Å². The Morgan fingerprint density at radius 1 is 0.336 bits per heavy atom. The molecule has 18 nitrogen and oxygen atoms in total. The summed E-state index contributed by atoms with van der Waals surface area (Å²) in [7, 11) is 0. The number of nitrogens with zero attached hydrogens (tertiary/aromatic N) is 7. The molecule has 0 fully saturated rings. The molecule has 0 atom stereocenters. The summed E-state index contributed by atoms with van der Waals surface area (Å²) in [5, 5.41) is 58.9. The molecule has 19 rings (SSSR count). The second-order valence-electron chi connectivity index (χ2n) is 28.5. The number of hydrogen-bond acceptors (Lipinski definition) is 21. The molecule has 137 heavy (non-hydrogen) atoms. The van der Waals surface area contributed by atoms with Crippen LogP contribution in [0.5, 0.6) is 0 Å². The normalized spacial score (nSPS) is 10.4. The van der Waals surface area contributed by atoms with Crippen LogP contribution in [-0.4, -0.2) is 89.3 Å². The van der Waals surface area contributed by atoms with E-state index in [1.807, 2.05) is 181 Å². The number of ketones is 5. The van der Waals surface area contributed by atoms with E-state index in [0.717, 1.165) is 87.2 Å². The van der Waals surface area contributed by atoms with Gasteiger partial charge >= 0.3 is 0 Å². The fraction of sp³-hybridized carbons (Fsp3) is 0.0909. The van der Waals surface area contributed by atoms with Crippen molar-refractivity contribution >= 4 is 138 Å². The van der Waals surface area contributed by atoms with Crippen LogP contribution >= 0.6 is 34.0 Å². The smallest absolute Gasteiger partial charge is 0.155 e. The number of para-hydroxylation sites is 3. The van der Waals surface area contributed by atoms with E-state index in [-0.39, 0.29) is 178 Å². The van der Waals surface area contributed by atoms with Crippen molar-refractivity contribution in [1.29, 1.82) is 0 Å². The Balaban J connectivity index is 0.000000395. The Bertz CT molecular complexity index is 6790. The van der Waals surface area contributed by atoms with E-state index in [2.05, 4.69) is 188 Å². The zero-order valence-electron chi connectivity index (χ0n) is 75.5. The van der Waals surface area contributed by atoms with Gasteiger partial charge < -0.3 is 49.9 Å². The number of carbonyl (C=O) groups is 5. The van der Waals surface area contributed by atoms with Gasteiger partial charge in [0.15, 0.2) is 28.9 Å². The van der Waals surface area contributed by atoms with Gasteiger partial charge in [-0.1, -0.05) is 190 Å². The minimum atomic E-state index is -0.125. The molecule has 0 amide bonds. The summed E-state index contributed by atoms with van der Waals surface area (Å²) in [6, 6.07) is 110. The van der Waals surface area contributed by atoms with Crippen LogP contribution in [0.3, 0.4) is 0 Å². The molecule has 0 spiro atoms. The second-order valence-corrected chi connectivity index (χ2v) is 31.3. The Hall–Kier alpha value is -12.0. The SMILES string of the molecule is CC(=O)C=C(C)O.CC(=O)C=C(C)O.CC(=O)C=C(C)O.CC(=O)C=C(C)O.CC(=O)C=C(C)O.[Ir].[Ir].[Ir].[Ir].[Ir].[Ir].[c-]1cc2ccccc2cc1-c1cc2ccccc2cn1.[c-]1ccc2ccccc2c1-c1nc2ccccc2s1.[c-]1ccccc1-c1nc2ccccc2o1.[c-]1ccsc1-c1ccccn1.[c-]1ccsc1-c1nccc2ccccc12.[c-]1cnccc1-c1nccc2ccccc12. The molecule has 19 aromatic rings. The third kappa shape index (κ3) is 41.4. The number of aromatic nitrogens is 7. The molecule has 9 aromatic heterocycles. The molecule has 27 heteroatoms. The number of fused-ring (bicyclic) bond motifs is 7. The second kappa shape index (κ2) is 64.1. The molecule has 0 aliphatic rings. The van der Waals surface area contributed by atoms with Crippen LogP contribution in [0, 0.1) is 36.4 Å². The summed E-state index contributed by atoms with van der Waals surface area (Å²) >= 11 is 5.05. The first-order valence-corrected chi connectivity index (χ1v) is 43.4. The summed E-state index contributed by atoms with van der Waals surface area (Å²) in [5.74, 6) is 0.310. The summed E-state index contributed by atoms with van der Waals surface area (Å²) in [6.45, 7) is 14.2. The van der Waals surface area contributed by atoms with E-state index in [9.17, 15) is 24.0 Å². The van der Waals surface area contributed by atoms with Gasteiger partial charge in [0.05, 0.1) is 39.8 Å². The summed E-state index contributed by atoms with van der Waals surface area (Å²) < 4.78 is 6.83. The number of allylic oxidation sites excluding steroid dienone is 10. The summed E-state index contributed by atoms with van der Waals surface area (Å²) in [4.78, 5) is 83.0. The first-order valence-electron chi connectivity index (χ1n) is 40.8.